The number of rotatable bonds is 6. The minimum atomic E-state index is -0.315. The van der Waals surface area contributed by atoms with Crippen molar-refractivity contribution in [2.75, 3.05) is 5.32 Å². The molecule has 0 unspecified atom stereocenters. The van der Waals surface area contributed by atoms with Gasteiger partial charge >= 0.3 is 0 Å². The molecule has 0 fully saturated rings. The summed E-state index contributed by atoms with van der Waals surface area (Å²) in [6.45, 7) is 0.323. The van der Waals surface area contributed by atoms with Crippen LogP contribution < -0.4 is 10.9 Å². The second-order valence-corrected chi connectivity index (χ2v) is 9.28. The Morgan fingerprint density at radius 2 is 1.53 bits per heavy atom. The fraction of sp³-hybridized carbons (Fsp3) is 0.0690. The third-order valence-electron chi connectivity index (χ3n) is 5.81. The van der Waals surface area contributed by atoms with Gasteiger partial charge in [0.25, 0.3) is 11.5 Å². The molecule has 0 saturated carbocycles. The first-order valence-corrected chi connectivity index (χ1v) is 12.1. The van der Waals surface area contributed by atoms with Crippen LogP contribution in [0.5, 0.6) is 0 Å². The third kappa shape index (κ3) is 5.33. The number of hydrogen-bond acceptors (Lipinski definition) is 3. The zero-order chi connectivity index (χ0) is 25.1. The van der Waals surface area contributed by atoms with Gasteiger partial charge in [-0.3, -0.25) is 14.2 Å². The van der Waals surface area contributed by atoms with Crippen molar-refractivity contribution in [2.24, 2.45) is 0 Å². The van der Waals surface area contributed by atoms with Crippen LogP contribution in [-0.2, 0) is 13.0 Å². The number of nitrogens with one attached hydrogen (secondary N) is 1. The van der Waals surface area contributed by atoms with E-state index < -0.39 is 0 Å². The van der Waals surface area contributed by atoms with Gasteiger partial charge in [0.15, 0.2) is 0 Å². The standard InChI is InChI=1S/C29H21Cl2N3O2/c30-22-10-4-8-20(14-22)18-34-27(15-19-6-2-1-3-7-19)33-26-13-12-24(17-25(26)29(34)36)32-28(35)21-9-5-11-23(31)16-21/h1-14,16-17H,15,18H2,(H,32,35). The summed E-state index contributed by atoms with van der Waals surface area (Å²) in [5, 5.41) is 4.33. The van der Waals surface area contributed by atoms with Crippen LogP contribution in [0.25, 0.3) is 10.9 Å². The molecule has 0 aliphatic carbocycles. The molecule has 0 saturated heterocycles. The summed E-state index contributed by atoms with van der Waals surface area (Å²) < 4.78 is 1.67. The smallest absolute Gasteiger partial charge is 0.261 e. The average molecular weight is 514 g/mol. The predicted molar refractivity (Wildman–Crippen MR) is 145 cm³/mol. The molecule has 5 rings (SSSR count). The molecule has 1 aromatic heterocycles. The Hall–Kier alpha value is -3.93. The number of anilines is 1. The van der Waals surface area contributed by atoms with E-state index in [4.69, 9.17) is 28.2 Å². The Kier molecular flexibility index (Phi) is 6.85. The van der Waals surface area contributed by atoms with E-state index in [9.17, 15) is 9.59 Å². The summed E-state index contributed by atoms with van der Waals surface area (Å²) in [6, 6.07) is 29.2. The molecular formula is C29H21Cl2N3O2. The fourth-order valence-electron chi connectivity index (χ4n) is 4.07. The molecule has 4 aromatic carbocycles. The number of amides is 1. The second kappa shape index (κ2) is 10.4. The monoisotopic (exact) mass is 513 g/mol. The SMILES string of the molecule is O=C(Nc1ccc2nc(Cc3ccccc3)n(Cc3cccc(Cl)c3)c(=O)c2c1)c1cccc(Cl)c1. The lowest BCUT2D eigenvalue weighted by Gasteiger charge is -2.15. The van der Waals surface area contributed by atoms with Crippen molar-refractivity contribution < 1.29 is 4.79 Å². The Labute approximate surface area is 218 Å². The fourth-order valence-corrected chi connectivity index (χ4v) is 4.48. The normalized spacial score (nSPS) is 10.9. The van der Waals surface area contributed by atoms with Crippen LogP contribution in [0.15, 0.2) is 102 Å². The van der Waals surface area contributed by atoms with Crippen molar-refractivity contribution in [3.63, 3.8) is 0 Å². The highest BCUT2D eigenvalue weighted by Gasteiger charge is 2.14. The highest BCUT2D eigenvalue weighted by molar-refractivity contribution is 6.31. The maximum absolute atomic E-state index is 13.7. The molecule has 7 heteroatoms. The Morgan fingerprint density at radius 1 is 0.806 bits per heavy atom. The van der Waals surface area contributed by atoms with E-state index in [2.05, 4.69) is 5.32 Å². The van der Waals surface area contributed by atoms with Crippen molar-refractivity contribution in [1.29, 1.82) is 0 Å². The van der Waals surface area contributed by atoms with Gasteiger partial charge in [0.2, 0.25) is 0 Å². The number of aromatic nitrogens is 2. The van der Waals surface area contributed by atoms with Gasteiger partial charge in [-0.15, -0.1) is 0 Å². The predicted octanol–water partition coefficient (Wildman–Crippen LogP) is 6.59. The van der Waals surface area contributed by atoms with Gasteiger partial charge in [-0.25, -0.2) is 4.98 Å². The molecule has 0 spiro atoms. The second-order valence-electron chi connectivity index (χ2n) is 8.41. The Bertz CT molecular complexity index is 1630. The van der Waals surface area contributed by atoms with Crippen molar-refractivity contribution >= 4 is 45.7 Å². The van der Waals surface area contributed by atoms with Gasteiger partial charge in [0.05, 0.1) is 17.4 Å². The molecule has 178 valence electrons. The molecule has 5 aromatic rings. The topological polar surface area (TPSA) is 64.0 Å². The summed E-state index contributed by atoms with van der Waals surface area (Å²) in [5.74, 6) is 0.333. The third-order valence-corrected chi connectivity index (χ3v) is 6.28. The Morgan fingerprint density at radius 3 is 2.28 bits per heavy atom. The number of carbonyl (C=O) groups is 1. The number of fused-ring (bicyclic) bond motifs is 1. The van der Waals surface area contributed by atoms with Gasteiger partial charge in [0.1, 0.15) is 5.82 Å². The quantitative estimate of drug-likeness (QED) is 0.278. The molecule has 1 amide bonds. The molecule has 0 radical (unpaired) electrons. The lowest BCUT2D eigenvalue weighted by molar-refractivity contribution is 0.102. The van der Waals surface area contributed by atoms with Crippen LogP contribution in [0, 0.1) is 0 Å². The molecule has 0 aliphatic heterocycles. The summed E-state index contributed by atoms with van der Waals surface area (Å²) in [4.78, 5) is 31.3. The summed E-state index contributed by atoms with van der Waals surface area (Å²) in [6.07, 6.45) is 0.500. The number of carbonyl (C=O) groups excluding carboxylic acids is 1. The van der Waals surface area contributed by atoms with Crippen LogP contribution in [0.1, 0.15) is 27.3 Å². The summed E-state index contributed by atoms with van der Waals surface area (Å²) >= 11 is 12.2. The molecule has 1 N–H and O–H groups in total. The number of nitrogens with zero attached hydrogens (tertiary/aromatic N) is 2. The number of halogens is 2. The first-order chi connectivity index (χ1) is 17.5. The van der Waals surface area contributed by atoms with E-state index in [0.29, 0.717) is 51.0 Å². The molecular weight excluding hydrogens is 493 g/mol. The van der Waals surface area contributed by atoms with Crippen molar-refractivity contribution in [3.8, 4) is 0 Å². The van der Waals surface area contributed by atoms with Gasteiger partial charge in [-0.05, 0) is 59.7 Å². The van der Waals surface area contributed by atoms with E-state index in [-0.39, 0.29) is 11.5 Å². The highest BCUT2D eigenvalue weighted by Crippen LogP contribution is 2.20. The molecule has 0 aliphatic rings. The first kappa shape index (κ1) is 23.8. The average Bonchev–Trinajstić information content (AvgIpc) is 2.87. The summed E-state index contributed by atoms with van der Waals surface area (Å²) in [7, 11) is 0. The van der Waals surface area contributed by atoms with Gasteiger partial charge in [-0.1, -0.05) is 71.7 Å². The maximum Gasteiger partial charge on any atom is 0.261 e. The highest BCUT2D eigenvalue weighted by atomic mass is 35.5. The van der Waals surface area contributed by atoms with E-state index in [0.717, 1.165) is 11.1 Å². The maximum atomic E-state index is 13.7. The van der Waals surface area contributed by atoms with Crippen LogP contribution in [0.2, 0.25) is 10.0 Å². The zero-order valence-corrected chi connectivity index (χ0v) is 20.6. The van der Waals surface area contributed by atoms with Gasteiger partial charge in [-0.2, -0.15) is 0 Å². The summed E-state index contributed by atoms with van der Waals surface area (Å²) in [5.41, 5.74) is 3.24. The van der Waals surface area contributed by atoms with Gasteiger partial charge in [0, 0.05) is 27.7 Å². The van der Waals surface area contributed by atoms with Crippen molar-refractivity contribution in [3.05, 3.63) is 140 Å². The van der Waals surface area contributed by atoms with Crippen LogP contribution >= 0.6 is 23.2 Å². The lowest BCUT2D eigenvalue weighted by atomic mass is 10.1. The van der Waals surface area contributed by atoms with Crippen LogP contribution in [0.3, 0.4) is 0 Å². The van der Waals surface area contributed by atoms with Crippen molar-refractivity contribution in [2.45, 2.75) is 13.0 Å². The van der Waals surface area contributed by atoms with E-state index in [1.165, 1.54) is 0 Å². The van der Waals surface area contributed by atoms with Gasteiger partial charge < -0.3 is 5.32 Å². The number of hydrogen-bond donors (Lipinski definition) is 1. The Balaban J connectivity index is 1.56. The zero-order valence-electron chi connectivity index (χ0n) is 19.1. The lowest BCUT2D eigenvalue weighted by Crippen LogP contribution is -2.26. The van der Waals surface area contributed by atoms with E-state index >= 15 is 0 Å². The number of benzene rings is 4. The van der Waals surface area contributed by atoms with E-state index in [1.807, 2.05) is 48.5 Å². The molecule has 1 heterocycles. The largest absolute Gasteiger partial charge is 0.322 e. The molecule has 5 nitrogen and oxygen atoms in total. The van der Waals surface area contributed by atoms with Crippen LogP contribution in [0.4, 0.5) is 5.69 Å². The molecule has 0 atom stereocenters. The minimum Gasteiger partial charge on any atom is -0.322 e. The molecule has 0 bridgehead atoms. The molecule has 36 heavy (non-hydrogen) atoms. The van der Waals surface area contributed by atoms with Crippen LogP contribution in [-0.4, -0.2) is 15.5 Å². The minimum absolute atomic E-state index is 0.190. The van der Waals surface area contributed by atoms with E-state index in [1.54, 1.807) is 53.1 Å². The first-order valence-electron chi connectivity index (χ1n) is 11.3. The van der Waals surface area contributed by atoms with Crippen molar-refractivity contribution in [1.82, 2.24) is 9.55 Å².